The third kappa shape index (κ3) is 5.34. The maximum atomic E-state index is 12.0. The Morgan fingerprint density at radius 2 is 1.93 bits per heavy atom. The van der Waals surface area contributed by atoms with Crippen LogP contribution >= 0.6 is 0 Å². The van der Waals surface area contributed by atoms with Gasteiger partial charge in [0.1, 0.15) is 0 Å². The molecule has 1 atom stereocenters. The van der Waals surface area contributed by atoms with Crippen LogP contribution in [0.15, 0.2) is 0 Å². The van der Waals surface area contributed by atoms with E-state index >= 15 is 0 Å². The predicted molar refractivity (Wildman–Crippen MR) is 48.4 cm³/mol. The van der Waals surface area contributed by atoms with Crippen molar-refractivity contribution in [2.24, 2.45) is 0 Å². The van der Waals surface area contributed by atoms with E-state index in [9.17, 15) is 13.2 Å². The standard InChI is InChI=1S/C9H16F3NO2/c1-13-7(2-3-9(10,11)12)6-8-14-4-5-15-8/h7-8,13H,2-6H2,1H3. The Kier molecular flexibility index (Phi) is 4.82. The minimum atomic E-state index is -4.09. The first-order valence-electron chi connectivity index (χ1n) is 4.98. The highest BCUT2D eigenvalue weighted by Crippen LogP contribution is 2.24. The van der Waals surface area contributed by atoms with Gasteiger partial charge in [0.15, 0.2) is 6.29 Å². The molecule has 1 unspecified atom stereocenters. The van der Waals surface area contributed by atoms with Crippen molar-refractivity contribution >= 4 is 0 Å². The van der Waals surface area contributed by atoms with E-state index in [4.69, 9.17) is 9.47 Å². The number of rotatable bonds is 5. The molecule has 90 valence electrons. The minimum Gasteiger partial charge on any atom is -0.350 e. The van der Waals surface area contributed by atoms with E-state index in [1.807, 2.05) is 0 Å². The summed E-state index contributed by atoms with van der Waals surface area (Å²) in [6.07, 6.45) is -4.69. The molecule has 0 aromatic rings. The Morgan fingerprint density at radius 1 is 1.33 bits per heavy atom. The Labute approximate surface area is 86.9 Å². The zero-order valence-corrected chi connectivity index (χ0v) is 8.64. The first kappa shape index (κ1) is 12.7. The molecular weight excluding hydrogens is 211 g/mol. The fourth-order valence-corrected chi connectivity index (χ4v) is 1.49. The van der Waals surface area contributed by atoms with Crippen LogP contribution in [0.2, 0.25) is 0 Å². The molecule has 0 aliphatic carbocycles. The van der Waals surface area contributed by atoms with Crippen LogP contribution in [0.25, 0.3) is 0 Å². The first-order chi connectivity index (χ1) is 7.01. The van der Waals surface area contributed by atoms with Gasteiger partial charge in [0.25, 0.3) is 0 Å². The summed E-state index contributed by atoms with van der Waals surface area (Å²) in [5.74, 6) is 0. The molecule has 1 fully saturated rings. The van der Waals surface area contributed by atoms with Gasteiger partial charge in [0.2, 0.25) is 0 Å². The molecule has 0 amide bonds. The molecular formula is C9H16F3NO2. The lowest BCUT2D eigenvalue weighted by Crippen LogP contribution is -2.31. The fourth-order valence-electron chi connectivity index (χ4n) is 1.49. The maximum Gasteiger partial charge on any atom is 0.389 e. The molecule has 1 heterocycles. The van der Waals surface area contributed by atoms with Gasteiger partial charge in [-0.3, -0.25) is 0 Å². The summed E-state index contributed by atoms with van der Waals surface area (Å²) in [5, 5.41) is 2.84. The number of alkyl halides is 3. The highest BCUT2D eigenvalue weighted by Gasteiger charge is 2.29. The Hall–Kier alpha value is -0.330. The second-order valence-electron chi connectivity index (χ2n) is 3.55. The van der Waals surface area contributed by atoms with Crippen LogP contribution in [-0.2, 0) is 9.47 Å². The van der Waals surface area contributed by atoms with Gasteiger partial charge in [0.05, 0.1) is 13.2 Å². The van der Waals surface area contributed by atoms with Crippen molar-refractivity contribution in [1.29, 1.82) is 0 Å². The topological polar surface area (TPSA) is 30.5 Å². The number of hydrogen-bond donors (Lipinski definition) is 1. The van der Waals surface area contributed by atoms with Gasteiger partial charge >= 0.3 is 6.18 Å². The van der Waals surface area contributed by atoms with Crippen molar-refractivity contribution in [3.05, 3.63) is 0 Å². The van der Waals surface area contributed by atoms with Crippen molar-refractivity contribution in [2.75, 3.05) is 20.3 Å². The molecule has 0 radical (unpaired) electrons. The summed E-state index contributed by atoms with van der Waals surface area (Å²) in [6, 6.07) is -0.213. The van der Waals surface area contributed by atoms with Gasteiger partial charge in [-0.1, -0.05) is 0 Å². The first-order valence-corrected chi connectivity index (χ1v) is 4.98. The van der Waals surface area contributed by atoms with Crippen molar-refractivity contribution in [2.45, 2.75) is 37.8 Å². The van der Waals surface area contributed by atoms with Crippen LogP contribution in [0.3, 0.4) is 0 Å². The van der Waals surface area contributed by atoms with E-state index < -0.39 is 12.6 Å². The Balaban J connectivity index is 2.22. The highest BCUT2D eigenvalue weighted by atomic mass is 19.4. The predicted octanol–water partition coefficient (Wildman–Crippen LogP) is 1.68. The molecule has 3 nitrogen and oxygen atoms in total. The SMILES string of the molecule is CNC(CCC(F)(F)F)CC1OCCO1. The molecule has 1 rings (SSSR count). The molecule has 6 heteroatoms. The van der Waals surface area contributed by atoms with E-state index in [1.165, 1.54) is 0 Å². The third-order valence-corrected chi connectivity index (χ3v) is 2.35. The summed E-state index contributed by atoms with van der Waals surface area (Å²) in [4.78, 5) is 0. The average molecular weight is 227 g/mol. The molecule has 0 aromatic carbocycles. The third-order valence-electron chi connectivity index (χ3n) is 2.35. The van der Waals surface area contributed by atoms with E-state index in [-0.39, 0.29) is 18.8 Å². The van der Waals surface area contributed by atoms with Gasteiger partial charge in [-0.05, 0) is 13.5 Å². The molecule has 1 aliphatic rings. The van der Waals surface area contributed by atoms with Crippen LogP contribution in [-0.4, -0.2) is 38.8 Å². The minimum absolute atomic E-state index is 0.0588. The summed E-state index contributed by atoms with van der Waals surface area (Å²) < 4.78 is 46.3. The lowest BCUT2D eigenvalue weighted by molar-refractivity contribution is -0.138. The second-order valence-corrected chi connectivity index (χ2v) is 3.55. The zero-order valence-electron chi connectivity index (χ0n) is 8.64. The summed E-state index contributed by atoms with van der Waals surface area (Å²) in [5.41, 5.74) is 0. The molecule has 1 N–H and O–H groups in total. The Bertz CT molecular complexity index is 181. The van der Waals surface area contributed by atoms with E-state index in [2.05, 4.69) is 5.32 Å². The quantitative estimate of drug-likeness (QED) is 0.775. The molecule has 1 aliphatic heterocycles. The van der Waals surface area contributed by atoms with Crippen molar-refractivity contribution in [3.63, 3.8) is 0 Å². The molecule has 15 heavy (non-hydrogen) atoms. The van der Waals surface area contributed by atoms with Crippen molar-refractivity contribution in [3.8, 4) is 0 Å². The lowest BCUT2D eigenvalue weighted by atomic mass is 10.1. The van der Waals surface area contributed by atoms with Crippen LogP contribution in [0.1, 0.15) is 19.3 Å². The second kappa shape index (κ2) is 5.67. The van der Waals surface area contributed by atoms with Crippen LogP contribution in [0.5, 0.6) is 0 Å². The maximum absolute atomic E-state index is 12.0. The van der Waals surface area contributed by atoms with Crippen molar-refractivity contribution in [1.82, 2.24) is 5.32 Å². The van der Waals surface area contributed by atoms with Gasteiger partial charge in [-0.15, -0.1) is 0 Å². The van der Waals surface area contributed by atoms with Gasteiger partial charge in [-0.25, -0.2) is 0 Å². The molecule has 0 saturated carbocycles. The number of ether oxygens (including phenoxy) is 2. The summed E-state index contributed by atoms with van der Waals surface area (Å²) in [7, 11) is 1.65. The van der Waals surface area contributed by atoms with E-state index in [0.29, 0.717) is 19.6 Å². The molecule has 0 aromatic heterocycles. The van der Waals surface area contributed by atoms with Gasteiger partial charge < -0.3 is 14.8 Å². The van der Waals surface area contributed by atoms with E-state index in [0.717, 1.165) is 0 Å². The molecule has 0 bridgehead atoms. The van der Waals surface area contributed by atoms with E-state index in [1.54, 1.807) is 7.05 Å². The van der Waals surface area contributed by atoms with Gasteiger partial charge in [0, 0.05) is 18.9 Å². The number of hydrogen-bond acceptors (Lipinski definition) is 3. The fraction of sp³-hybridized carbons (Fsp3) is 1.00. The monoisotopic (exact) mass is 227 g/mol. The van der Waals surface area contributed by atoms with Crippen molar-refractivity contribution < 1.29 is 22.6 Å². The van der Waals surface area contributed by atoms with Crippen LogP contribution < -0.4 is 5.32 Å². The molecule has 0 spiro atoms. The molecule has 1 saturated heterocycles. The van der Waals surface area contributed by atoms with Gasteiger partial charge in [-0.2, -0.15) is 13.2 Å². The Morgan fingerprint density at radius 3 is 2.40 bits per heavy atom. The highest BCUT2D eigenvalue weighted by molar-refractivity contribution is 4.70. The number of halogens is 3. The lowest BCUT2D eigenvalue weighted by Gasteiger charge is -2.19. The summed E-state index contributed by atoms with van der Waals surface area (Å²) >= 11 is 0. The normalized spacial score (nSPS) is 20.8. The smallest absolute Gasteiger partial charge is 0.350 e. The summed E-state index contributed by atoms with van der Waals surface area (Å²) in [6.45, 7) is 1.06. The largest absolute Gasteiger partial charge is 0.389 e. The van der Waals surface area contributed by atoms with Crippen LogP contribution in [0.4, 0.5) is 13.2 Å². The number of nitrogens with one attached hydrogen (secondary N) is 1. The zero-order chi connectivity index (χ0) is 11.3. The average Bonchev–Trinajstić information content (AvgIpc) is 2.63. The van der Waals surface area contributed by atoms with Crippen LogP contribution in [0, 0.1) is 0 Å².